The third kappa shape index (κ3) is 2.74. The molecule has 1 aromatic heterocycles. The van der Waals surface area contributed by atoms with Crippen molar-refractivity contribution in [1.29, 1.82) is 0 Å². The largest absolute Gasteiger partial charge is 0.377 e. The Kier molecular flexibility index (Phi) is 4.43. The van der Waals surface area contributed by atoms with Crippen LogP contribution in [0.4, 0.5) is 0 Å². The quantitative estimate of drug-likeness (QED) is 0.776. The molecule has 1 aromatic carbocycles. The van der Waals surface area contributed by atoms with Gasteiger partial charge in [0.05, 0.1) is 6.10 Å². The van der Waals surface area contributed by atoms with Gasteiger partial charge in [0.15, 0.2) is 0 Å². The number of aromatic nitrogens is 1. The topological polar surface area (TPSA) is 14.2 Å². The standard InChI is InChI=1S/C17H23NO/c1-5-9-15(19-6-2)12-18-13(3)16-10-7-8-11-17(16)14(18)4/h7-8,10-11,15H,3-6,9,12H2,1-2H3. The highest BCUT2D eigenvalue weighted by molar-refractivity contribution is 5.83. The minimum Gasteiger partial charge on any atom is -0.377 e. The van der Waals surface area contributed by atoms with Gasteiger partial charge in [-0.25, -0.2) is 0 Å². The third-order valence-corrected chi connectivity index (χ3v) is 3.60. The first kappa shape index (κ1) is 13.9. The first-order chi connectivity index (χ1) is 9.19. The highest BCUT2D eigenvalue weighted by Gasteiger charge is 2.11. The van der Waals surface area contributed by atoms with Gasteiger partial charge in [0.1, 0.15) is 0 Å². The average Bonchev–Trinajstić information content (AvgIpc) is 2.65. The number of hydrogen-bond donors (Lipinski definition) is 0. The Labute approximate surface area is 115 Å². The van der Waals surface area contributed by atoms with E-state index in [2.05, 4.69) is 36.8 Å². The van der Waals surface area contributed by atoms with Crippen LogP contribution in [0.3, 0.4) is 0 Å². The van der Waals surface area contributed by atoms with E-state index in [4.69, 9.17) is 4.74 Å². The molecule has 0 bridgehead atoms. The van der Waals surface area contributed by atoms with Gasteiger partial charge in [0.2, 0.25) is 0 Å². The summed E-state index contributed by atoms with van der Waals surface area (Å²) in [4.78, 5) is 0. The number of ether oxygens (including phenoxy) is 1. The van der Waals surface area contributed by atoms with Crippen molar-refractivity contribution in [2.24, 2.45) is 0 Å². The summed E-state index contributed by atoms with van der Waals surface area (Å²) < 4.78 is 8.01. The Morgan fingerprint density at radius 3 is 2.16 bits per heavy atom. The second-order valence-corrected chi connectivity index (χ2v) is 4.92. The molecule has 0 amide bonds. The fourth-order valence-corrected chi connectivity index (χ4v) is 2.65. The van der Waals surface area contributed by atoms with E-state index in [0.29, 0.717) is 0 Å². The molecular weight excluding hydrogens is 234 g/mol. The molecule has 0 aliphatic heterocycles. The monoisotopic (exact) mass is 257 g/mol. The number of rotatable bonds is 6. The summed E-state index contributed by atoms with van der Waals surface area (Å²) >= 11 is 0. The van der Waals surface area contributed by atoms with Crippen molar-refractivity contribution in [2.75, 3.05) is 6.61 Å². The Morgan fingerprint density at radius 2 is 1.68 bits per heavy atom. The van der Waals surface area contributed by atoms with E-state index in [9.17, 15) is 0 Å². The molecule has 0 radical (unpaired) electrons. The van der Waals surface area contributed by atoms with E-state index >= 15 is 0 Å². The summed E-state index contributed by atoms with van der Waals surface area (Å²) in [5, 5.41) is 4.47. The van der Waals surface area contributed by atoms with Gasteiger partial charge in [0.25, 0.3) is 0 Å². The molecule has 1 heterocycles. The molecule has 0 aliphatic rings. The van der Waals surface area contributed by atoms with Crippen molar-refractivity contribution < 1.29 is 4.74 Å². The van der Waals surface area contributed by atoms with Gasteiger partial charge in [-0.3, -0.25) is 0 Å². The molecule has 0 fully saturated rings. The van der Waals surface area contributed by atoms with E-state index in [0.717, 1.165) is 36.7 Å². The van der Waals surface area contributed by atoms with Crippen molar-refractivity contribution >= 4 is 23.9 Å². The molecule has 19 heavy (non-hydrogen) atoms. The molecule has 0 saturated heterocycles. The Balaban J connectivity index is 2.39. The van der Waals surface area contributed by atoms with Gasteiger partial charge in [-0.1, -0.05) is 50.8 Å². The maximum absolute atomic E-state index is 5.82. The van der Waals surface area contributed by atoms with Crippen LogP contribution in [0.25, 0.3) is 23.9 Å². The molecule has 0 aliphatic carbocycles. The fourth-order valence-electron chi connectivity index (χ4n) is 2.65. The normalized spacial score (nSPS) is 12.9. The van der Waals surface area contributed by atoms with Crippen LogP contribution in [0.5, 0.6) is 0 Å². The highest BCUT2D eigenvalue weighted by Crippen LogP contribution is 2.08. The molecule has 0 spiro atoms. The van der Waals surface area contributed by atoms with Crippen LogP contribution in [0.1, 0.15) is 26.7 Å². The van der Waals surface area contributed by atoms with E-state index in [-0.39, 0.29) is 6.10 Å². The van der Waals surface area contributed by atoms with Crippen LogP contribution < -0.4 is 10.7 Å². The van der Waals surface area contributed by atoms with Gasteiger partial charge >= 0.3 is 0 Å². The molecule has 0 N–H and O–H groups in total. The average molecular weight is 257 g/mol. The van der Waals surface area contributed by atoms with Crippen molar-refractivity contribution in [2.45, 2.75) is 39.3 Å². The van der Waals surface area contributed by atoms with Gasteiger partial charge in [0, 0.05) is 34.6 Å². The number of hydrogen-bond acceptors (Lipinski definition) is 1. The van der Waals surface area contributed by atoms with E-state index in [1.165, 1.54) is 10.8 Å². The lowest BCUT2D eigenvalue weighted by Crippen LogP contribution is -2.32. The smallest absolute Gasteiger partial charge is 0.0753 e. The van der Waals surface area contributed by atoms with E-state index in [1.54, 1.807) is 0 Å². The van der Waals surface area contributed by atoms with E-state index in [1.807, 2.05) is 19.1 Å². The van der Waals surface area contributed by atoms with Crippen LogP contribution >= 0.6 is 0 Å². The maximum Gasteiger partial charge on any atom is 0.0753 e. The lowest BCUT2D eigenvalue weighted by molar-refractivity contribution is 0.0432. The molecular formula is C17H23NO. The molecule has 2 heteroatoms. The second kappa shape index (κ2) is 6.07. The van der Waals surface area contributed by atoms with Crippen molar-refractivity contribution in [1.82, 2.24) is 4.57 Å². The predicted molar refractivity (Wildman–Crippen MR) is 82.6 cm³/mol. The number of nitrogens with zero attached hydrogens (tertiary/aromatic N) is 1. The van der Waals surface area contributed by atoms with Crippen molar-refractivity contribution in [3.63, 3.8) is 0 Å². The summed E-state index contributed by atoms with van der Waals surface area (Å²) in [6.07, 6.45) is 2.45. The number of fused-ring (bicyclic) bond motifs is 1. The lowest BCUT2D eigenvalue weighted by Gasteiger charge is -2.17. The Bertz CT molecular complexity index is 588. The molecule has 1 atom stereocenters. The summed E-state index contributed by atoms with van der Waals surface area (Å²) in [7, 11) is 0. The van der Waals surface area contributed by atoms with Crippen molar-refractivity contribution in [3.8, 4) is 0 Å². The predicted octanol–water partition coefficient (Wildman–Crippen LogP) is 2.67. The minimum absolute atomic E-state index is 0.248. The van der Waals surface area contributed by atoms with Gasteiger partial charge in [-0.2, -0.15) is 0 Å². The fraction of sp³-hybridized carbons (Fsp3) is 0.412. The Hall–Kier alpha value is -1.54. The third-order valence-electron chi connectivity index (χ3n) is 3.60. The minimum atomic E-state index is 0.248. The molecule has 2 aromatic rings. The SMILES string of the molecule is C=c1c2ccccc2c(=C)n1CC(CCC)OCC. The molecule has 2 nitrogen and oxygen atoms in total. The van der Waals surface area contributed by atoms with Crippen LogP contribution in [0.15, 0.2) is 24.3 Å². The Morgan fingerprint density at radius 1 is 1.11 bits per heavy atom. The summed E-state index contributed by atoms with van der Waals surface area (Å²) in [5.41, 5.74) is 0. The van der Waals surface area contributed by atoms with Crippen LogP contribution in [-0.2, 0) is 11.3 Å². The molecule has 102 valence electrons. The van der Waals surface area contributed by atoms with E-state index < -0.39 is 0 Å². The van der Waals surface area contributed by atoms with Gasteiger partial charge in [-0.15, -0.1) is 0 Å². The summed E-state index contributed by atoms with van der Waals surface area (Å²) in [5.74, 6) is 0. The zero-order valence-electron chi connectivity index (χ0n) is 12.0. The zero-order valence-corrected chi connectivity index (χ0v) is 12.0. The molecule has 1 unspecified atom stereocenters. The van der Waals surface area contributed by atoms with Gasteiger partial charge in [-0.05, 0) is 13.3 Å². The zero-order chi connectivity index (χ0) is 13.8. The van der Waals surface area contributed by atoms with Crippen LogP contribution in [0.2, 0.25) is 0 Å². The molecule has 0 saturated carbocycles. The maximum atomic E-state index is 5.82. The lowest BCUT2D eigenvalue weighted by atomic mass is 10.2. The summed E-state index contributed by atoms with van der Waals surface area (Å²) in [6.45, 7) is 14.3. The van der Waals surface area contributed by atoms with Crippen LogP contribution in [-0.4, -0.2) is 17.3 Å². The summed E-state index contributed by atoms with van der Waals surface area (Å²) in [6, 6.07) is 8.32. The highest BCUT2D eigenvalue weighted by atomic mass is 16.5. The first-order valence-corrected chi connectivity index (χ1v) is 7.05. The second-order valence-electron chi connectivity index (χ2n) is 4.92. The molecule has 2 rings (SSSR count). The van der Waals surface area contributed by atoms with Crippen molar-refractivity contribution in [3.05, 3.63) is 35.0 Å². The van der Waals surface area contributed by atoms with Crippen LogP contribution in [0, 0.1) is 0 Å². The number of benzene rings is 1. The van der Waals surface area contributed by atoms with Gasteiger partial charge < -0.3 is 9.30 Å². The first-order valence-electron chi connectivity index (χ1n) is 7.05.